The van der Waals surface area contributed by atoms with Gasteiger partial charge in [0.25, 0.3) is 6.43 Å². The Kier molecular flexibility index (Phi) is 4.85. The van der Waals surface area contributed by atoms with Gasteiger partial charge in [-0.15, -0.1) is 0 Å². The van der Waals surface area contributed by atoms with E-state index in [1.807, 2.05) is 0 Å². The van der Waals surface area contributed by atoms with Gasteiger partial charge in [0, 0.05) is 5.56 Å². The summed E-state index contributed by atoms with van der Waals surface area (Å²) >= 11 is 0. The summed E-state index contributed by atoms with van der Waals surface area (Å²) in [6, 6.07) is 6.46. The molecular weight excluding hydrogens is 218 g/mol. The van der Waals surface area contributed by atoms with E-state index >= 15 is 0 Å². The van der Waals surface area contributed by atoms with Crippen LogP contribution in [0.2, 0.25) is 0 Å². The number of ketones is 1. The van der Waals surface area contributed by atoms with E-state index in [0.29, 0.717) is 11.3 Å². The fourth-order valence-electron chi connectivity index (χ4n) is 1.12. The summed E-state index contributed by atoms with van der Waals surface area (Å²) in [5, 5.41) is 0. The lowest BCUT2D eigenvalue weighted by atomic mass is 10.1. The molecule has 0 atom stereocenters. The maximum Gasteiger partial charge on any atom is 0.261 e. The Balaban J connectivity index is 2.52. The molecule has 0 aromatic heterocycles. The Morgan fingerprint density at radius 1 is 1.44 bits per heavy atom. The number of rotatable bonds is 6. The maximum atomic E-state index is 11.8. The number of carbonyl (C=O) groups is 1. The topological polar surface area (TPSA) is 35.5 Å². The van der Waals surface area contributed by atoms with Crippen molar-refractivity contribution in [3.63, 3.8) is 0 Å². The number of carbonyl (C=O) groups excluding carboxylic acids is 1. The van der Waals surface area contributed by atoms with Crippen LogP contribution >= 0.6 is 0 Å². The minimum absolute atomic E-state index is 0.348. The molecule has 0 aliphatic heterocycles. The average molecular weight is 230 g/mol. The van der Waals surface area contributed by atoms with Crippen LogP contribution in [0.15, 0.2) is 24.3 Å². The largest absolute Gasteiger partial charge is 0.497 e. The number of Topliss-reactive ketones (excluding diaryl/α,β-unsaturated/α-hetero) is 1. The van der Waals surface area contributed by atoms with E-state index in [-0.39, 0.29) is 12.4 Å². The Labute approximate surface area is 92.0 Å². The second-order valence-electron chi connectivity index (χ2n) is 3.06. The van der Waals surface area contributed by atoms with Crippen molar-refractivity contribution in [2.75, 3.05) is 20.3 Å². The van der Waals surface area contributed by atoms with Gasteiger partial charge < -0.3 is 9.47 Å². The van der Waals surface area contributed by atoms with Crippen LogP contribution in [0.1, 0.15) is 10.4 Å². The average Bonchev–Trinajstić information content (AvgIpc) is 2.28. The number of alkyl halides is 2. The van der Waals surface area contributed by atoms with Gasteiger partial charge in [-0.05, 0) is 12.1 Å². The van der Waals surface area contributed by atoms with E-state index < -0.39 is 13.0 Å². The quantitative estimate of drug-likeness (QED) is 0.702. The Bertz CT molecular complexity index is 353. The molecule has 0 aliphatic rings. The summed E-state index contributed by atoms with van der Waals surface area (Å²) in [5.41, 5.74) is 0.383. The molecule has 88 valence electrons. The fraction of sp³-hybridized carbons (Fsp3) is 0.364. The predicted octanol–water partition coefficient (Wildman–Crippen LogP) is 2.16. The van der Waals surface area contributed by atoms with Gasteiger partial charge in [0.15, 0.2) is 5.78 Å². The molecular formula is C11H12F2O3. The number of methoxy groups -OCH3 is 1. The monoisotopic (exact) mass is 230 g/mol. The van der Waals surface area contributed by atoms with Gasteiger partial charge in [0.1, 0.15) is 19.0 Å². The zero-order valence-electron chi connectivity index (χ0n) is 8.78. The minimum atomic E-state index is -2.56. The van der Waals surface area contributed by atoms with Crippen molar-refractivity contribution in [2.45, 2.75) is 6.43 Å². The number of hydrogen-bond donors (Lipinski definition) is 0. The van der Waals surface area contributed by atoms with Gasteiger partial charge in [-0.1, -0.05) is 12.1 Å². The van der Waals surface area contributed by atoms with E-state index in [2.05, 4.69) is 4.74 Å². The zero-order chi connectivity index (χ0) is 12.0. The molecule has 0 amide bonds. The third-order valence-electron chi connectivity index (χ3n) is 1.87. The van der Waals surface area contributed by atoms with Crippen molar-refractivity contribution in [1.29, 1.82) is 0 Å². The van der Waals surface area contributed by atoms with Crippen LogP contribution in [0.3, 0.4) is 0 Å². The highest BCUT2D eigenvalue weighted by atomic mass is 19.3. The summed E-state index contributed by atoms with van der Waals surface area (Å²) in [6.45, 7) is -1.08. The molecule has 0 spiro atoms. The van der Waals surface area contributed by atoms with E-state index in [1.165, 1.54) is 13.2 Å². The van der Waals surface area contributed by atoms with E-state index in [4.69, 9.17) is 4.74 Å². The number of hydrogen-bond acceptors (Lipinski definition) is 3. The molecule has 1 aromatic rings. The minimum Gasteiger partial charge on any atom is -0.497 e. The third-order valence-corrected chi connectivity index (χ3v) is 1.87. The first kappa shape index (κ1) is 12.6. The summed E-state index contributed by atoms with van der Waals surface area (Å²) < 4.78 is 33.0. The van der Waals surface area contributed by atoms with Crippen LogP contribution in [0, 0.1) is 0 Å². The molecule has 5 heteroatoms. The van der Waals surface area contributed by atoms with E-state index in [0.717, 1.165) is 0 Å². The molecule has 0 heterocycles. The van der Waals surface area contributed by atoms with Crippen LogP contribution in [0.25, 0.3) is 0 Å². The summed E-state index contributed by atoms with van der Waals surface area (Å²) in [4.78, 5) is 11.5. The number of halogens is 2. The van der Waals surface area contributed by atoms with Crippen molar-refractivity contribution in [3.05, 3.63) is 29.8 Å². The van der Waals surface area contributed by atoms with Crippen LogP contribution < -0.4 is 4.74 Å². The Morgan fingerprint density at radius 3 is 2.81 bits per heavy atom. The standard InChI is InChI=1S/C11H12F2O3/c1-15-9-4-2-3-8(5-9)10(14)6-16-7-11(12)13/h2-5,11H,6-7H2,1H3. The molecule has 0 radical (unpaired) electrons. The summed E-state index contributed by atoms with van der Waals surface area (Å²) in [6.07, 6.45) is -2.56. The van der Waals surface area contributed by atoms with Crippen molar-refractivity contribution < 1.29 is 23.0 Å². The highest BCUT2D eigenvalue weighted by molar-refractivity contribution is 5.97. The van der Waals surface area contributed by atoms with Crippen LogP contribution in [0.5, 0.6) is 5.75 Å². The SMILES string of the molecule is COc1cccc(C(=O)COCC(F)F)c1. The van der Waals surface area contributed by atoms with Crippen LogP contribution in [-0.2, 0) is 4.74 Å². The maximum absolute atomic E-state index is 11.8. The first-order chi connectivity index (χ1) is 7.63. The molecule has 0 aliphatic carbocycles. The summed E-state index contributed by atoms with van der Waals surface area (Å²) in [5.74, 6) is 0.194. The predicted molar refractivity (Wildman–Crippen MR) is 54.1 cm³/mol. The van der Waals surface area contributed by atoms with Crippen molar-refractivity contribution >= 4 is 5.78 Å². The number of ether oxygens (including phenoxy) is 2. The lowest BCUT2D eigenvalue weighted by Gasteiger charge is -2.04. The highest BCUT2D eigenvalue weighted by Gasteiger charge is 2.09. The number of benzene rings is 1. The molecule has 3 nitrogen and oxygen atoms in total. The normalized spacial score (nSPS) is 10.5. The smallest absolute Gasteiger partial charge is 0.261 e. The molecule has 0 bridgehead atoms. The Hall–Kier alpha value is -1.49. The highest BCUT2D eigenvalue weighted by Crippen LogP contribution is 2.13. The molecule has 1 aromatic carbocycles. The van der Waals surface area contributed by atoms with Crippen molar-refractivity contribution in [3.8, 4) is 5.75 Å². The Morgan fingerprint density at radius 2 is 2.19 bits per heavy atom. The molecule has 0 fully saturated rings. The van der Waals surface area contributed by atoms with Gasteiger partial charge in [-0.25, -0.2) is 8.78 Å². The van der Waals surface area contributed by atoms with Crippen molar-refractivity contribution in [1.82, 2.24) is 0 Å². The van der Waals surface area contributed by atoms with Crippen molar-refractivity contribution in [2.24, 2.45) is 0 Å². The third kappa shape index (κ3) is 3.94. The second-order valence-corrected chi connectivity index (χ2v) is 3.06. The molecule has 0 saturated carbocycles. The van der Waals surface area contributed by atoms with E-state index in [1.54, 1.807) is 18.2 Å². The second kappa shape index (κ2) is 6.17. The first-order valence-electron chi connectivity index (χ1n) is 4.66. The van der Waals surface area contributed by atoms with Gasteiger partial charge >= 0.3 is 0 Å². The molecule has 0 N–H and O–H groups in total. The lowest BCUT2D eigenvalue weighted by molar-refractivity contribution is 0.0196. The van der Waals surface area contributed by atoms with Crippen LogP contribution in [-0.4, -0.2) is 32.5 Å². The van der Waals surface area contributed by atoms with Gasteiger partial charge in [0.2, 0.25) is 0 Å². The first-order valence-corrected chi connectivity index (χ1v) is 4.66. The van der Waals surface area contributed by atoms with E-state index in [9.17, 15) is 13.6 Å². The zero-order valence-corrected chi connectivity index (χ0v) is 8.78. The molecule has 0 saturated heterocycles. The molecule has 0 unspecified atom stereocenters. The molecule has 16 heavy (non-hydrogen) atoms. The van der Waals surface area contributed by atoms with Gasteiger partial charge in [0.05, 0.1) is 7.11 Å². The van der Waals surface area contributed by atoms with Gasteiger partial charge in [-0.2, -0.15) is 0 Å². The summed E-state index contributed by atoms with van der Waals surface area (Å²) in [7, 11) is 1.48. The lowest BCUT2D eigenvalue weighted by Crippen LogP contribution is -2.13. The fourth-order valence-corrected chi connectivity index (χ4v) is 1.12. The van der Waals surface area contributed by atoms with Crippen LogP contribution in [0.4, 0.5) is 8.78 Å². The molecule has 1 rings (SSSR count). The van der Waals surface area contributed by atoms with Gasteiger partial charge in [-0.3, -0.25) is 4.79 Å².